The minimum absolute atomic E-state index is 0.122. The van der Waals surface area contributed by atoms with Crippen LogP contribution in [0.25, 0.3) is 0 Å². The van der Waals surface area contributed by atoms with Gasteiger partial charge in [-0.2, -0.15) is 0 Å². The summed E-state index contributed by atoms with van der Waals surface area (Å²) in [5, 5.41) is 3.50. The summed E-state index contributed by atoms with van der Waals surface area (Å²) in [6.45, 7) is 11.8. The average molecular weight is 291 g/mol. The molecule has 0 aliphatic heterocycles. The highest BCUT2D eigenvalue weighted by Gasteiger charge is 2.16. The third-order valence-electron chi connectivity index (χ3n) is 3.50. The summed E-state index contributed by atoms with van der Waals surface area (Å²) in [5.41, 5.74) is 3.86. The van der Waals surface area contributed by atoms with E-state index >= 15 is 0 Å². The van der Waals surface area contributed by atoms with E-state index in [4.69, 9.17) is 4.74 Å². The molecule has 1 aromatic rings. The van der Waals surface area contributed by atoms with Crippen molar-refractivity contribution in [3.05, 3.63) is 34.9 Å². The van der Waals surface area contributed by atoms with Crippen molar-refractivity contribution in [2.45, 2.75) is 53.5 Å². The second-order valence-electron chi connectivity index (χ2n) is 6.14. The maximum absolute atomic E-state index is 11.8. The molecule has 0 amide bonds. The molecule has 3 nitrogen and oxygen atoms in total. The van der Waals surface area contributed by atoms with Gasteiger partial charge in [0.1, 0.15) is 0 Å². The van der Waals surface area contributed by atoms with Crippen molar-refractivity contribution in [3.8, 4) is 0 Å². The lowest BCUT2D eigenvalue weighted by Crippen LogP contribution is -2.36. The van der Waals surface area contributed by atoms with Gasteiger partial charge in [0, 0.05) is 6.04 Å². The lowest BCUT2D eigenvalue weighted by atomic mass is 9.97. The zero-order chi connectivity index (χ0) is 15.8. The van der Waals surface area contributed by atoms with Crippen molar-refractivity contribution in [2.75, 3.05) is 13.2 Å². The Balaban J connectivity index is 2.72. The lowest BCUT2D eigenvalue weighted by Gasteiger charge is -2.20. The van der Waals surface area contributed by atoms with E-state index in [9.17, 15) is 4.79 Å². The van der Waals surface area contributed by atoms with Crippen LogP contribution in [-0.2, 0) is 16.0 Å². The largest absolute Gasteiger partial charge is 0.466 e. The average Bonchev–Trinajstić information content (AvgIpc) is 2.39. The Kier molecular flexibility index (Phi) is 7.44. The van der Waals surface area contributed by atoms with Crippen molar-refractivity contribution < 1.29 is 9.53 Å². The van der Waals surface area contributed by atoms with Gasteiger partial charge in [-0.05, 0) is 50.8 Å². The second-order valence-corrected chi connectivity index (χ2v) is 6.14. The summed E-state index contributed by atoms with van der Waals surface area (Å²) < 4.78 is 5.09. The summed E-state index contributed by atoms with van der Waals surface area (Å²) in [4.78, 5) is 11.8. The van der Waals surface area contributed by atoms with Crippen LogP contribution < -0.4 is 5.32 Å². The molecule has 1 aromatic carbocycles. The van der Waals surface area contributed by atoms with Gasteiger partial charge in [0.15, 0.2) is 0 Å². The van der Waals surface area contributed by atoms with Crippen molar-refractivity contribution >= 4 is 5.97 Å². The van der Waals surface area contributed by atoms with Gasteiger partial charge in [-0.3, -0.25) is 4.79 Å². The maximum Gasteiger partial charge on any atom is 0.307 e. The lowest BCUT2D eigenvalue weighted by molar-refractivity contribution is -0.143. The first kappa shape index (κ1) is 17.7. The molecule has 0 aliphatic carbocycles. The molecule has 0 aliphatic rings. The van der Waals surface area contributed by atoms with Crippen LogP contribution >= 0.6 is 0 Å². The van der Waals surface area contributed by atoms with E-state index in [2.05, 4.69) is 51.2 Å². The number of aryl methyl sites for hydroxylation is 2. The first-order chi connectivity index (χ1) is 9.92. The zero-order valence-corrected chi connectivity index (χ0v) is 14.0. The predicted octanol–water partition coefficient (Wildman–Crippen LogP) is 3.41. The monoisotopic (exact) mass is 291 g/mol. The first-order valence-electron chi connectivity index (χ1n) is 7.87. The Morgan fingerprint density at radius 1 is 1.29 bits per heavy atom. The number of carbonyl (C=O) groups is 1. The highest BCUT2D eigenvalue weighted by atomic mass is 16.5. The quantitative estimate of drug-likeness (QED) is 0.746. The van der Waals surface area contributed by atoms with Gasteiger partial charge >= 0.3 is 5.97 Å². The molecule has 0 aromatic heterocycles. The van der Waals surface area contributed by atoms with E-state index in [-0.39, 0.29) is 12.0 Å². The fourth-order valence-electron chi connectivity index (χ4n) is 2.38. The van der Waals surface area contributed by atoms with Crippen molar-refractivity contribution in [2.24, 2.45) is 5.92 Å². The molecule has 1 N–H and O–H groups in total. The molecule has 1 atom stereocenters. The Morgan fingerprint density at radius 2 is 2.00 bits per heavy atom. The van der Waals surface area contributed by atoms with E-state index in [1.54, 1.807) is 0 Å². The second kappa shape index (κ2) is 8.83. The number of benzene rings is 1. The standard InChI is InChI=1S/C18H29NO2/c1-6-21-18(20)11-17(19-12-13(2)3)10-16-8-7-14(4)9-15(16)5/h7-9,13,17,19H,6,10-12H2,1-5H3. The molecule has 0 bridgehead atoms. The van der Waals surface area contributed by atoms with E-state index in [0.29, 0.717) is 18.9 Å². The number of hydrogen-bond acceptors (Lipinski definition) is 3. The number of carbonyl (C=O) groups excluding carboxylic acids is 1. The molecule has 1 rings (SSSR count). The summed E-state index contributed by atoms with van der Waals surface area (Å²) in [6, 6.07) is 6.62. The van der Waals surface area contributed by atoms with Crippen LogP contribution in [0.1, 0.15) is 43.9 Å². The Labute approximate surface area is 129 Å². The van der Waals surface area contributed by atoms with Gasteiger partial charge in [0.05, 0.1) is 13.0 Å². The molecular weight excluding hydrogens is 262 g/mol. The molecule has 21 heavy (non-hydrogen) atoms. The normalized spacial score (nSPS) is 12.5. The summed E-state index contributed by atoms with van der Waals surface area (Å²) in [5.74, 6) is 0.442. The Morgan fingerprint density at radius 3 is 2.57 bits per heavy atom. The highest BCUT2D eigenvalue weighted by molar-refractivity contribution is 5.70. The summed E-state index contributed by atoms with van der Waals surface area (Å²) in [7, 11) is 0. The third-order valence-corrected chi connectivity index (χ3v) is 3.50. The van der Waals surface area contributed by atoms with Gasteiger partial charge < -0.3 is 10.1 Å². The van der Waals surface area contributed by atoms with Gasteiger partial charge in [0.25, 0.3) is 0 Å². The maximum atomic E-state index is 11.8. The smallest absolute Gasteiger partial charge is 0.307 e. The van der Waals surface area contributed by atoms with Crippen LogP contribution in [-0.4, -0.2) is 25.2 Å². The van der Waals surface area contributed by atoms with Gasteiger partial charge in [0.2, 0.25) is 0 Å². The van der Waals surface area contributed by atoms with Gasteiger partial charge in [-0.15, -0.1) is 0 Å². The minimum Gasteiger partial charge on any atom is -0.466 e. The fraction of sp³-hybridized carbons (Fsp3) is 0.611. The van der Waals surface area contributed by atoms with Gasteiger partial charge in [-0.1, -0.05) is 37.6 Å². The topological polar surface area (TPSA) is 38.3 Å². The SMILES string of the molecule is CCOC(=O)CC(Cc1ccc(C)cc1C)NCC(C)C. The number of esters is 1. The summed E-state index contributed by atoms with van der Waals surface area (Å²) >= 11 is 0. The predicted molar refractivity (Wildman–Crippen MR) is 87.5 cm³/mol. The van der Waals surface area contributed by atoms with Crippen LogP contribution in [0.5, 0.6) is 0 Å². The highest BCUT2D eigenvalue weighted by Crippen LogP contribution is 2.14. The Bertz CT molecular complexity index is 455. The third kappa shape index (κ3) is 6.76. The zero-order valence-electron chi connectivity index (χ0n) is 14.0. The minimum atomic E-state index is -0.122. The van der Waals surface area contributed by atoms with E-state index < -0.39 is 0 Å². The molecule has 1 unspecified atom stereocenters. The molecule has 0 saturated carbocycles. The van der Waals surface area contributed by atoms with Crippen molar-refractivity contribution in [1.29, 1.82) is 0 Å². The van der Waals surface area contributed by atoms with Crippen LogP contribution in [0.2, 0.25) is 0 Å². The van der Waals surface area contributed by atoms with Crippen LogP contribution in [0.15, 0.2) is 18.2 Å². The molecular formula is C18H29NO2. The number of rotatable bonds is 8. The fourth-order valence-corrected chi connectivity index (χ4v) is 2.38. The van der Waals surface area contributed by atoms with Crippen molar-refractivity contribution in [3.63, 3.8) is 0 Å². The van der Waals surface area contributed by atoms with Crippen LogP contribution in [0.3, 0.4) is 0 Å². The number of ether oxygens (including phenoxy) is 1. The molecule has 0 heterocycles. The molecule has 118 valence electrons. The number of nitrogens with one attached hydrogen (secondary N) is 1. The molecule has 0 spiro atoms. The first-order valence-corrected chi connectivity index (χ1v) is 7.87. The van der Waals surface area contributed by atoms with E-state index in [1.807, 2.05) is 6.92 Å². The van der Waals surface area contributed by atoms with Crippen LogP contribution in [0, 0.1) is 19.8 Å². The Hall–Kier alpha value is -1.35. The molecule has 3 heteroatoms. The van der Waals surface area contributed by atoms with Crippen molar-refractivity contribution in [1.82, 2.24) is 5.32 Å². The molecule has 0 fully saturated rings. The van der Waals surface area contributed by atoms with E-state index in [0.717, 1.165) is 13.0 Å². The van der Waals surface area contributed by atoms with Gasteiger partial charge in [-0.25, -0.2) is 0 Å². The summed E-state index contributed by atoms with van der Waals surface area (Å²) in [6.07, 6.45) is 1.28. The molecule has 0 radical (unpaired) electrons. The van der Waals surface area contributed by atoms with Crippen LogP contribution in [0.4, 0.5) is 0 Å². The molecule has 0 saturated heterocycles. The number of hydrogen-bond donors (Lipinski definition) is 1. The van der Waals surface area contributed by atoms with E-state index in [1.165, 1.54) is 16.7 Å².